The number of esters is 1. The fraction of sp³-hybridized carbons (Fsp3) is 0.280. The van der Waals surface area contributed by atoms with Gasteiger partial charge in [0.1, 0.15) is 6.10 Å². The van der Waals surface area contributed by atoms with Crippen molar-refractivity contribution in [3.8, 4) is 0 Å². The summed E-state index contributed by atoms with van der Waals surface area (Å²) >= 11 is 5.95. The largest absolute Gasteiger partial charge is 0.456 e. The quantitative estimate of drug-likeness (QED) is 0.363. The molecule has 5 heteroatoms. The number of carbonyl (C=O) groups is 2. The summed E-state index contributed by atoms with van der Waals surface area (Å²) in [6.07, 6.45) is 4.80. The molecule has 2 unspecified atom stereocenters. The van der Waals surface area contributed by atoms with Crippen LogP contribution in [0.5, 0.6) is 0 Å². The third-order valence-electron chi connectivity index (χ3n) is 4.68. The first-order valence-electron chi connectivity index (χ1n) is 10.0. The molecule has 0 saturated carbocycles. The summed E-state index contributed by atoms with van der Waals surface area (Å²) in [7, 11) is 0. The first-order valence-corrected chi connectivity index (χ1v) is 10.4. The number of halogens is 1. The lowest BCUT2D eigenvalue weighted by Crippen LogP contribution is -2.35. The fourth-order valence-electron chi connectivity index (χ4n) is 3.06. The van der Waals surface area contributed by atoms with Gasteiger partial charge >= 0.3 is 5.97 Å². The lowest BCUT2D eigenvalue weighted by Gasteiger charge is -2.21. The molecule has 2 aromatic rings. The lowest BCUT2D eigenvalue weighted by molar-refractivity contribution is -0.150. The molecule has 2 aromatic carbocycles. The Hall–Kier alpha value is -2.85. The number of hydrogen-bond acceptors (Lipinski definition) is 3. The standard InChI is InChI=1S/C25H28ClNO3/c1-3-5-12-24(28)30-23(20-10-7-6-8-11-20)18-27-25(29)21(9-4-2)17-19-13-15-22(26)16-14-19/h3-4,6-8,10-11,13-16,21,23H,1-2,5,9,12,17-18H2,(H,27,29). The van der Waals surface area contributed by atoms with Crippen molar-refractivity contribution in [2.45, 2.75) is 31.8 Å². The Morgan fingerprint density at radius 2 is 1.73 bits per heavy atom. The SMILES string of the molecule is C=CCCC(=O)OC(CNC(=O)C(CC=C)Cc1ccc(Cl)cc1)c1ccccc1. The highest BCUT2D eigenvalue weighted by Gasteiger charge is 2.21. The monoisotopic (exact) mass is 425 g/mol. The van der Waals surface area contributed by atoms with Gasteiger partial charge in [-0.15, -0.1) is 13.2 Å². The van der Waals surface area contributed by atoms with Gasteiger partial charge in [-0.2, -0.15) is 0 Å². The summed E-state index contributed by atoms with van der Waals surface area (Å²) in [5, 5.41) is 3.61. The highest BCUT2D eigenvalue weighted by molar-refractivity contribution is 6.30. The Bertz CT molecular complexity index is 833. The van der Waals surface area contributed by atoms with Crippen molar-refractivity contribution in [3.05, 3.63) is 96.1 Å². The fourth-order valence-corrected chi connectivity index (χ4v) is 3.19. The Labute approximate surface area is 183 Å². The molecule has 0 aliphatic carbocycles. The molecule has 2 atom stereocenters. The minimum atomic E-state index is -0.549. The number of rotatable bonds is 12. The van der Waals surface area contributed by atoms with Gasteiger partial charge in [-0.05, 0) is 42.5 Å². The second kappa shape index (κ2) is 12.7. The maximum atomic E-state index is 12.9. The van der Waals surface area contributed by atoms with Gasteiger partial charge in [0.05, 0.1) is 6.54 Å². The minimum absolute atomic E-state index is 0.104. The van der Waals surface area contributed by atoms with Crippen LogP contribution in [-0.2, 0) is 20.7 Å². The molecule has 1 amide bonds. The van der Waals surface area contributed by atoms with Gasteiger partial charge in [-0.3, -0.25) is 9.59 Å². The molecular weight excluding hydrogens is 398 g/mol. The molecule has 0 bridgehead atoms. The summed E-state index contributed by atoms with van der Waals surface area (Å²) < 4.78 is 5.62. The predicted molar refractivity (Wildman–Crippen MR) is 121 cm³/mol. The molecule has 0 spiro atoms. The van der Waals surface area contributed by atoms with E-state index in [1.165, 1.54) is 0 Å². The summed E-state index contributed by atoms with van der Waals surface area (Å²) in [6.45, 7) is 7.60. The third-order valence-corrected chi connectivity index (χ3v) is 4.93. The topological polar surface area (TPSA) is 55.4 Å². The van der Waals surface area contributed by atoms with Crippen LogP contribution in [0.1, 0.15) is 36.5 Å². The van der Waals surface area contributed by atoms with Crippen LogP contribution < -0.4 is 5.32 Å². The zero-order valence-corrected chi connectivity index (χ0v) is 17.8. The number of allylic oxidation sites excluding steroid dienone is 2. The van der Waals surface area contributed by atoms with E-state index in [1.807, 2.05) is 54.6 Å². The van der Waals surface area contributed by atoms with Gasteiger partial charge < -0.3 is 10.1 Å². The van der Waals surface area contributed by atoms with E-state index in [0.717, 1.165) is 11.1 Å². The Morgan fingerprint density at radius 3 is 2.37 bits per heavy atom. The molecule has 158 valence electrons. The average Bonchev–Trinajstić information content (AvgIpc) is 2.76. The van der Waals surface area contributed by atoms with Gasteiger partial charge in [0.2, 0.25) is 5.91 Å². The Kier molecular flexibility index (Phi) is 9.88. The van der Waals surface area contributed by atoms with E-state index in [4.69, 9.17) is 16.3 Å². The number of amides is 1. The predicted octanol–water partition coefficient (Wildman–Crippen LogP) is 5.44. The molecule has 0 radical (unpaired) electrons. The van der Waals surface area contributed by atoms with E-state index >= 15 is 0 Å². The molecule has 0 fully saturated rings. The maximum Gasteiger partial charge on any atom is 0.306 e. The average molecular weight is 426 g/mol. The lowest BCUT2D eigenvalue weighted by atomic mass is 9.95. The summed E-state index contributed by atoms with van der Waals surface area (Å²) in [4.78, 5) is 25.0. The van der Waals surface area contributed by atoms with Gasteiger partial charge in [0.25, 0.3) is 0 Å². The van der Waals surface area contributed by atoms with Crippen LogP contribution in [-0.4, -0.2) is 18.4 Å². The first-order chi connectivity index (χ1) is 14.5. The summed E-state index contributed by atoms with van der Waals surface area (Å²) in [6, 6.07) is 16.9. The zero-order chi connectivity index (χ0) is 21.8. The normalized spacial score (nSPS) is 12.4. The molecule has 0 aliphatic heterocycles. The van der Waals surface area contributed by atoms with Gasteiger partial charge in [0.15, 0.2) is 0 Å². The van der Waals surface area contributed by atoms with Crippen LogP contribution in [0.3, 0.4) is 0 Å². The summed E-state index contributed by atoms with van der Waals surface area (Å²) in [5.74, 6) is -0.689. The molecule has 30 heavy (non-hydrogen) atoms. The highest BCUT2D eigenvalue weighted by Crippen LogP contribution is 2.20. The third kappa shape index (κ3) is 7.88. The number of carbonyl (C=O) groups excluding carboxylic acids is 2. The van der Waals surface area contributed by atoms with Crippen molar-refractivity contribution in [1.82, 2.24) is 5.32 Å². The molecule has 0 aliphatic rings. The smallest absolute Gasteiger partial charge is 0.306 e. The molecular formula is C25H28ClNO3. The number of hydrogen-bond donors (Lipinski definition) is 1. The van der Waals surface area contributed by atoms with E-state index in [9.17, 15) is 9.59 Å². The van der Waals surface area contributed by atoms with E-state index in [2.05, 4.69) is 18.5 Å². The zero-order valence-electron chi connectivity index (χ0n) is 17.1. The van der Waals surface area contributed by atoms with E-state index in [-0.39, 0.29) is 30.8 Å². The van der Waals surface area contributed by atoms with Gasteiger partial charge in [-0.25, -0.2) is 0 Å². The van der Waals surface area contributed by atoms with Crippen LogP contribution in [0.4, 0.5) is 0 Å². The van der Waals surface area contributed by atoms with Crippen LogP contribution in [0.2, 0.25) is 5.02 Å². The van der Waals surface area contributed by atoms with Crippen molar-refractivity contribution >= 4 is 23.5 Å². The minimum Gasteiger partial charge on any atom is -0.456 e. The Morgan fingerprint density at radius 1 is 1.03 bits per heavy atom. The molecule has 0 aromatic heterocycles. The molecule has 4 nitrogen and oxygen atoms in total. The number of benzene rings is 2. The number of nitrogens with one attached hydrogen (secondary N) is 1. The summed E-state index contributed by atoms with van der Waals surface area (Å²) in [5.41, 5.74) is 1.86. The van der Waals surface area contributed by atoms with Crippen molar-refractivity contribution in [1.29, 1.82) is 0 Å². The van der Waals surface area contributed by atoms with Crippen LogP contribution in [0, 0.1) is 5.92 Å². The first kappa shape index (κ1) is 23.4. The van der Waals surface area contributed by atoms with Crippen molar-refractivity contribution in [3.63, 3.8) is 0 Å². The molecule has 0 saturated heterocycles. The van der Waals surface area contributed by atoms with Crippen molar-refractivity contribution in [2.24, 2.45) is 5.92 Å². The molecule has 1 N–H and O–H groups in total. The Balaban J connectivity index is 2.03. The van der Waals surface area contributed by atoms with Gasteiger partial charge in [0, 0.05) is 17.4 Å². The van der Waals surface area contributed by atoms with Crippen molar-refractivity contribution in [2.75, 3.05) is 6.54 Å². The number of ether oxygens (including phenoxy) is 1. The second-order valence-electron chi connectivity index (χ2n) is 7.01. The van der Waals surface area contributed by atoms with E-state index in [0.29, 0.717) is 24.3 Å². The van der Waals surface area contributed by atoms with Gasteiger partial charge in [-0.1, -0.05) is 66.2 Å². The van der Waals surface area contributed by atoms with E-state index < -0.39 is 6.10 Å². The van der Waals surface area contributed by atoms with E-state index in [1.54, 1.807) is 12.2 Å². The van der Waals surface area contributed by atoms with Crippen LogP contribution in [0.25, 0.3) is 0 Å². The van der Waals surface area contributed by atoms with Crippen LogP contribution >= 0.6 is 11.6 Å². The molecule has 0 heterocycles. The molecule has 2 rings (SSSR count). The maximum absolute atomic E-state index is 12.9. The second-order valence-corrected chi connectivity index (χ2v) is 7.45. The van der Waals surface area contributed by atoms with Crippen LogP contribution in [0.15, 0.2) is 79.9 Å². The van der Waals surface area contributed by atoms with Crippen molar-refractivity contribution < 1.29 is 14.3 Å². The highest BCUT2D eigenvalue weighted by atomic mass is 35.5.